The molecule has 4 rings (SSSR count). The number of ether oxygens (including phenoxy) is 1. The van der Waals surface area contributed by atoms with Gasteiger partial charge < -0.3 is 9.30 Å². The first kappa shape index (κ1) is 18.0. The van der Waals surface area contributed by atoms with Crippen LogP contribution in [0.4, 0.5) is 0 Å². The molecule has 4 aromatic rings. The van der Waals surface area contributed by atoms with E-state index < -0.39 is 0 Å². The Hall–Kier alpha value is -2.36. The quantitative estimate of drug-likeness (QED) is 0.446. The number of benzene rings is 1. The van der Waals surface area contributed by atoms with E-state index in [2.05, 4.69) is 15.2 Å². The van der Waals surface area contributed by atoms with Crippen LogP contribution in [0, 0.1) is 0 Å². The molecule has 0 aliphatic carbocycles. The SMILES string of the molecule is Cn1c(COc2ccc(Cl)cc2)nnc1SCc1cc(=O)n2ccsc2n1. The molecule has 0 aliphatic heterocycles. The molecule has 0 fully saturated rings. The van der Waals surface area contributed by atoms with Gasteiger partial charge in [0.1, 0.15) is 12.4 Å². The third-order valence-electron chi connectivity index (χ3n) is 3.81. The first-order chi connectivity index (χ1) is 13.1. The summed E-state index contributed by atoms with van der Waals surface area (Å²) in [5, 5.41) is 11.6. The zero-order chi connectivity index (χ0) is 18.8. The number of hydrogen-bond acceptors (Lipinski definition) is 7. The molecule has 1 aromatic carbocycles. The zero-order valence-electron chi connectivity index (χ0n) is 14.2. The van der Waals surface area contributed by atoms with Crippen molar-refractivity contribution in [3.8, 4) is 5.75 Å². The molecule has 3 heterocycles. The van der Waals surface area contributed by atoms with Gasteiger partial charge in [0, 0.05) is 35.5 Å². The fourth-order valence-electron chi connectivity index (χ4n) is 2.38. The fourth-order valence-corrected chi connectivity index (χ4v) is 4.06. The maximum absolute atomic E-state index is 12.0. The van der Waals surface area contributed by atoms with Crippen molar-refractivity contribution < 1.29 is 4.74 Å². The number of fused-ring (bicyclic) bond motifs is 1. The van der Waals surface area contributed by atoms with Crippen LogP contribution in [0.1, 0.15) is 11.5 Å². The second kappa shape index (κ2) is 7.71. The van der Waals surface area contributed by atoms with Gasteiger partial charge in [0.25, 0.3) is 5.56 Å². The van der Waals surface area contributed by atoms with Crippen LogP contribution in [0.25, 0.3) is 4.96 Å². The molecule has 0 saturated carbocycles. The molecule has 0 atom stereocenters. The van der Waals surface area contributed by atoms with E-state index >= 15 is 0 Å². The summed E-state index contributed by atoms with van der Waals surface area (Å²) in [4.78, 5) is 17.2. The lowest BCUT2D eigenvalue weighted by Crippen LogP contribution is -2.12. The van der Waals surface area contributed by atoms with Crippen molar-refractivity contribution in [2.24, 2.45) is 7.05 Å². The second-order valence-electron chi connectivity index (χ2n) is 5.63. The normalized spacial score (nSPS) is 11.2. The summed E-state index contributed by atoms with van der Waals surface area (Å²) in [5.74, 6) is 1.95. The Morgan fingerprint density at radius 2 is 2.07 bits per heavy atom. The average molecular weight is 420 g/mol. The summed E-state index contributed by atoms with van der Waals surface area (Å²) >= 11 is 8.78. The van der Waals surface area contributed by atoms with Crippen LogP contribution >= 0.6 is 34.7 Å². The molecule has 0 spiro atoms. The van der Waals surface area contributed by atoms with Crippen molar-refractivity contribution in [1.82, 2.24) is 24.1 Å². The van der Waals surface area contributed by atoms with Crippen molar-refractivity contribution in [3.05, 3.63) is 68.8 Å². The zero-order valence-corrected chi connectivity index (χ0v) is 16.6. The van der Waals surface area contributed by atoms with E-state index in [4.69, 9.17) is 16.3 Å². The molecule has 138 valence electrons. The topological polar surface area (TPSA) is 74.3 Å². The van der Waals surface area contributed by atoms with Gasteiger partial charge in [0.2, 0.25) is 0 Å². The van der Waals surface area contributed by atoms with Gasteiger partial charge in [0.15, 0.2) is 15.9 Å². The Balaban J connectivity index is 1.42. The molecule has 7 nitrogen and oxygen atoms in total. The maximum atomic E-state index is 12.0. The molecule has 0 aliphatic rings. The largest absolute Gasteiger partial charge is 0.486 e. The molecule has 10 heteroatoms. The molecule has 0 saturated heterocycles. The van der Waals surface area contributed by atoms with Crippen LogP contribution in [0.5, 0.6) is 5.75 Å². The van der Waals surface area contributed by atoms with Gasteiger partial charge in [-0.3, -0.25) is 9.20 Å². The van der Waals surface area contributed by atoms with Crippen molar-refractivity contribution in [3.63, 3.8) is 0 Å². The molecule has 0 N–H and O–H groups in total. The summed E-state index contributed by atoms with van der Waals surface area (Å²) in [7, 11) is 1.88. The first-order valence-electron chi connectivity index (χ1n) is 7.95. The van der Waals surface area contributed by atoms with E-state index in [0.29, 0.717) is 33.9 Å². The standard InChI is InChI=1S/C17H14ClN5O2S2/c1-22-14(9-25-13-4-2-11(18)3-5-13)20-21-17(22)27-10-12-8-15(24)23-6-7-26-16(23)19-12/h2-8H,9-10H2,1H3. The fraction of sp³-hybridized carbons (Fsp3) is 0.176. The van der Waals surface area contributed by atoms with Crippen LogP contribution in [0.2, 0.25) is 5.02 Å². The minimum atomic E-state index is -0.0770. The lowest BCUT2D eigenvalue weighted by atomic mass is 10.3. The third-order valence-corrected chi connectivity index (χ3v) is 5.87. The number of nitrogens with zero attached hydrogens (tertiary/aromatic N) is 5. The van der Waals surface area contributed by atoms with E-state index in [1.165, 1.54) is 27.5 Å². The van der Waals surface area contributed by atoms with Crippen LogP contribution in [0.15, 0.2) is 51.9 Å². The summed E-state index contributed by atoms with van der Waals surface area (Å²) in [6.07, 6.45) is 1.72. The highest BCUT2D eigenvalue weighted by atomic mass is 35.5. The smallest absolute Gasteiger partial charge is 0.258 e. The monoisotopic (exact) mass is 419 g/mol. The second-order valence-corrected chi connectivity index (χ2v) is 7.88. The number of hydrogen-bond donors (Lipinski definition) is 0. The van der Waals surface area contributed by atoms with Gasteiger partial charge in [-0.05, 0) is 24.3 Å². The first-order valence-corrected chi connectivity index (χ1v) is 10.2. The predicted octanol–water partition coefficient (Wildman–Crippen LogP) is 3.41. The van der Waals surface area contributed by atoms with E-state index in [1.54, 1.807) is 36.5 Å². The molecule has 3 aromatic heterocycles. The van der Waals surface area contributed by atoms with E-state index in [1.807, 2.05) is 17.0 Å². The molecular formula is C17H14ClN5O2S2. The van der Waals surface area contributed by atoms with Crippen LogP contribution < -0.4 is 10.3 Å². The van der Waals surface area contributed by atoms with Crippen LogP contribution in [0.3, 0.4) is 0 Å². The molecule has 0 unspecified atom stereocenters. The molecular weight excluding hydrogens is 406 g/mol. The highest BCUT2D eigenvalue weighted by molar-refractivity contribution is 7.98. The van der Waals surface area contributed by atoms with Gasteiger partial charge in [-0.15, -0.1) is 21.5 Å². The van der Waals surface area contributed by atoms with Crippen LogP contribution in [-0.2, 0) is 19.4 Å². The van der Waals surface area contributed by atoms with Crippen LogP contribution in [-0.4, -0.2) is 24.1 Å². The highest BCUT2D eigenvalue weighted by Gasteiger charge is 2.11. The maximum Gasteiger partial charge on any atom is 0.258 e. The van der Waals surface area contributed by atoms with Gasteiger partial charge in [-0.1, -0.05) is 23.4 Å². The molecule has 0 radical (unpaired) electrons. The van der Waals surface area contributed by atoms with E-state index in [9.17, 15) is 4.79 Å². The van der Waals surface area contributed by atoms with Crippen molar-refractivity contribution in [2.45, 2.75) is 17.5 Å². The summed E-state index contributed by atoms with van der Waals surface area (Å²) < 4.78 is 9.12. The van der Waals surface area contributed by atoms with E-state index in [-0.39, 0.29) is 5.56 Å². The molecule has 0 amide bonds. The molecule has 0 bridgehead atoms. The van der Waals surface area contributed by atoms with Gasteiger partial charge >= 0.3 is 0 Å². The van der Waals surface area contributed by atoms with Crippen molar-refractivity contribution in [1.29, 1.82) is 0 Å². The Morgan fingerprint density at radius 3 is 2.89 bits per heavy atom. The third kappa shape index (κ3) is 4.00. The predicted molar refractivity (Wildman–Crippen MR) is 106 cm³/mol. The summed E-state index contributed by atoms with van der Waals surface area (Å²) in [6.45, 7) is 0.298. The number of aromatic nitrogens is 5. The average Bonchev–Trinajstić information content (AvgIpc) is 3.27. The number of thioether (sulfide) groups is 1. The highest BCUT2D eigenvalue weighted by Crippen LogP contribution is 2.21. The Labute approximate surface area is 167 Å². The minimum absolute atomic E-state index is 0.0770. The van der Waals surface area contributed by atoms with Gasteiger partial charge in [0.05, 0.1) is 5.69 Å². The van der Waals surface area contributed by atoms with Crippen molar-refractivity contribution >= 4 is 39.7 Å². The number of rotatable bonds is 6. The van der Waals surface area contributed by atoms with Gasteiger partial charge in [-0.2, -0.15) is 0 Å². The summed E-state index contributed by atoms with van der Waals surface area (Å²) in [5.41, 5.74) is 0.640. The number of thiazole rings is 1. The lowest BCUT2D eigenvalue weighted by Gasteiger charge is -2.06. The van der Waals surface area contributed by atoms with Crippen molar-refractivity contribution in [2.75, 3.05) is 0 Å². The van der Waals surface area contributed by atoms with Gasteiger partial charge in [-0.25, -0.2) is 4.98 Å². The van der Waals surface area contributed by atoms with E-state index in [0.717, 1.165) is 10.9 Å². The lowest BCUT2D eigenvalue weighted by molar-refractivity contribution is 0.290. The Kier molecular flexibility index (Phi) is 5.15. The number of halogens is 1. The minimum Gasteiger partial charge on any atom is -0.486 e. The molecule has 27 heavy (non-hydrogen) atoms. The Bertz CT molecular complexity index is 1140. The Morgan fingerprint density at radius 1 is 1.26 bits per heavy atom. The summed E-state index contributed by atoms with van der Waals surface area (Å²) in [6, 6.07) is 8.70.